The summed E-state index contributed by atoms with van der Waals surface area (Å²) in [7, 11) is -4.75. The number of unbranched alkanes of at least 4 members (excludes halogenated alkanes) is 21. The van der Waals surface area contributed by atoms with Gasteiger partial charge in [0.25, 0.3) is 0 Å². The fraction of sp³-hybridized carbons (Fsp3) is 0.759. The van der Waals surface area contributed by atoms with Gasteiger partial charge in [-0.05, 0) is 96.3 Å². The van der Waals surface area contributed by atoms with E-state index >= 15 is 0 Å². The molecule has 0 aliphatic rings. The summed E-state index contributed by atoms with van der Waals surface area (Å²) >= 11 is 0. The van der Waals surface area contributed by atoms with Crippen LogP contribution in [0.3, 0.4) is 0 Å². The lowest BCUT2D eigenvalue weighted by atomic mass is 10.1. The van der Waals surface area contributed by atoms with E-state index in [0.29, 0.717) is 19.3 Å². The van der Waals surface area contributed by atoms with Crippen LogP contribution < -0.4 is 0 Å². The molecule has 66 heavy (non-hydrogen) atoms. The molecule has 0 saturated heterocycles. The molecule has 0 aliphatic carbocycles. The van der Waals surface area contributed by atoms with Crippen LogP contribution in [0.25, 0.3) is 0 Å². The van der Waals surface area contributed by atoms with Crippen LogP contribution in [0.4, 0.5) is 0 Å². The Kier molecular flexibility index (Phi) is 46.6. The molecule has 0 aromatic rings. The van der Waals surface area contributed by atoms with Crippen LogP contribution in [-0.4, -0.2) is 66.5 Å². The second-order valence-electron chi connectivity index (χ2n) is 17.3. The average molecular weight is 951 g/mol. The number of hydrogen-bond donors (Lipinski definition) is 2. The predicted octanol–water partition coefficient (Wildman–Crippen LogP) is 14.8. The first kappa shape index (κ1) is 63.2. The summed E-state index contributed by atoms with van der Waals surface area (Å²) in [6.45, 7) is 4.44. The van der Waals surface area contributed by atoms with Crippen LogP contribution in [0.1, 0.15) is 226 Å². The van der Waals surface area contributed by atoms with Crippen molar-refractivity contribution in [3.8, 4) is 0 Å². The Balaban J connectivity index is 4.77. The summed E-state index contributed by atoms with van der Waals surface area (Å²) in [4.78, 5) is 48.3. The first-order chi connectivity index (χ1) is 32.2. The van der Waals surface area contributed by atoms with Gasteiger partial charge < -0.3 is 24.2 Å². The zero-order valence-corrected chi connectivity index (χ0v) is 42.8. The Morgan fingerprint density at radius 2 is 0.773 bits per heavy atom. The maximum Gasteiger partial charge on any atom is 0.472 e. The Labute approximate surface area is 402 Å². The lowest BCUT2D eigenvalue weighted by molar-refractivity contribution is -0.161. The maximum absolute atomic E-state index is 12.8. The van der Waals surface area contributed by atoms with Crippen molar-refractivity contribution < 1.29 is 52.2 Å². The third-order valence-corrected chi connectivity index (χ3v) is 11.8. The van der Waals surface area contributed by atoms with Gasteiger partial charge >= 0.3 is 25.7 Å². The number of phosphoric ester groups is 1. The first-order valence-electron chi connectivity index (χ1n) is 26.2. The smallest absolute Gasteiger partial charge is 0.462 e. The van der Waals surface area contributed by atoms with Crippen LogP contribution >= 0.6 is 7.82 Å². The molecule has 0 radical (unpaired) electrons. The van der Waals surface area contributed by atoms with Crippen LogP contribution in [-0.2, 0) is 42.2 Å². The van der Waals surface area contributed by atoms with E-state index in [4.69, 9.17) is 23.3 Å². The first-order valence-corrected chi connectivity index (χ1v) is 27.7. The van der Waals surface area contributed by atoms with Gasteiger partial charge in [-0.2, -0.15) is 0 Å². The van der Waals surface area contributed by atoms with Crippen LogP contribution in [0.2, 0.25) is 0 Å². The number of carbonyl (C=O) groups excluding carboxylic acids is 3. The van der Waals surface area contributed by atoms with Gasteiger partial charge in [0.05, 0.1) is 19.8 Å². The molecule has 0 heterocycles. The molecule has 382 valence electrons. The van der Waals surface area contributed by atoms with E-state index in [-0.39, 0.29) is 25.9 Å². The van der Waals surface area contributed by atoms with Crippen molar-refractivity contribution in [1.82, 2.24) is 0 Å². The standard InChI is InChI=1S/C54H95O11P/c1-4-7-10-13-16-19-22-25-28-31-34-37-40-43-52(56)61-47-51(65-54(58)45-42-39-36-33-30-27-24-21-18-15-12-9-6-3)49-63-66(59,60)62-48-50(46-55)64-53(57)44-41-38-35-32-29-26-23-20-17-14-11-8-5-2/h11-12,14-15,19-24,50-51,55H,4-10,13,16-18,25-49H2,1-3H3,(H,59,60)/b14-11-,15-12-,22-19-,23-20-,24-21-. The third kappa shape index (κ3) is 46.3. The number of rotatable bonds is 48. The number of allylic oxidation sites excluding steroid dienone is 10. The fourth-order valence-electron chi connectivity index (χ4n) is 6.84. The number of ether oxygens (including phenoxy) is 3. The molecular formula is C54H95O11P. The number of aliphatic hydroxyl groups excluding tert-OH is 1. The number of aliphatic hydroxyl groups is 1. The van der Waals surface area contributed by atoms with Crippen molar-refractivity contribution >= 4 is 25.7 Å². The average Bonchev–Trinajstić information content (AvgIpc) is 3.30. The number of carbonyl (C=O) groups is 3. The van der Waals surface area contributed by atoms with Gasteiger partial charge in [0.15, 0.2) is 6.10 Å². The molecule has 3 atom stereocenters. The quantitative estimate of drug-likeness (QED) is 0.0197. The van der Waals surface area contributed by atoms with Gasteiger partial charge in [0, 0.05) is 19.3 Å². The highest BCUT2D eigenvalue weighted by Gasteiger charge is 2.28. The molecule has 0 amide bonds. The summed E-state index contributed by atoms with van der Waals surface area (Å²) in [5.41, 5.74) is 0. The minimum Gasteiger partial charge on any atom is -0.462 e. The minimum absolute atomic E-state index is 0.148. The largest absolute Gasteiger partial charge is 0.472 e. The van der Waals surface area contributed by atoms with Crippen LogP contribution in [0, 0.1) is 0 Å². The van der Waals surface area contributed by atoms with E-state index in [2.05, 4.69) is 81.5 Å². The zero-order chi connectivity index (χ0) is 48.4. The molecule has 2 N–H and O–H groups in total. The number of phosphoric acid groups is 1. The third-order valence-electron chi connectivity index (χ3n) is 10.8. The van der Waals surface area contributed by atoms with E-state index in [1.807, 2.05) is 0 Å². The summed E-state index contributed by atoms with van der Waals surface area (Å²) < 4.78 is 39.3. The SMILES string of the molecule is CCC/C=C\C/C=C\CCCCCCCC(=O)OC(CO)COP(=O)(O)OCC(COC(=O)CCCCCCC/C=C\CCCCCC)OC(=O)CCCCCCC/C=C\C/C=C\CCC. The molecule has 12 heteroatoms. The van der Waals surface area contributed by atoms with Gasteiger partial charge in [-0.15, -0.1) is 0 Å². The molecule has 0 aromatic carbocycles. The van der Waals surface area contributed by atoms with Gasteiger partial charge in [-0.1, -0.05) is 171 Å². The number of hydrogen-bond acceptors (Lipinski definition) is 10. The fourth-order valence-corrected chi connectivity index (χ4v) is 7.62. The van der Waals surface area contributed by atoms with Crippen molar-refractivity contribution in [1.29, 1.82) is 0 Å². The van der Waals surface area contributed by atoms with E-state index < -0.39 is 57.8 Å². The Morgan fingerprint density at radius 3 is 1.20 bits per heavy atom. The highest BCUT2D eigenvalue weighted by molar-refractivity contribution is 7.47. The van der Waals surface area contributed by atoms with E-state index in [1.54, 1.807) is 0 Å². The molecule has 0 rings (SSSR count). The van der Waals surface area contributed by atoms with Gasteiger partial charge in [0.1, 0.15) is 12.7 Å². The molecule has 11 nitrogen and oxygen atoms in total. The summed E-state index contributed by atoms with van der Waals surface area (Å²) in [5, 5.41) is 9.77. The monoisotopic (exact) mass is 951 g/mol. The van der Waals surface area contributed by atoms with Crippen molar-refractivity contribution in [2.75, 3.05) is 26.4 Å². The second-order valence-corrected chi connectivity index (χ2v) is 18.8. The van der Waals surface area contributed by atoms with E-state index in [0.717, 1.165) is 135 Å². The lowest BCUT2D eigenvalue weighted by Gasteiger charge is -2.21. The van der Waals surface area contributed by atoms with Gasteiger partial charge in [-0.25, -0.2) is 4.57 Å². The predicted molar refractivity (Wildman–Crippen MR) is 270 cm³/mol. The molecule has 0 bridgehead atoms. The van der Waals surface area contributed by atoms with E-state index in [1.165, 1.54) is 32.1 Å². The summed E-state index contributed by atoms with van der Waals surface area (Å²) in [6, 6.07) is 0. The topological polar surface area (TPSA) is 155 Å². The molecule has 0 aromatic heterocycles. The summed E-state index contributed by atoms with van der Waals surface area (Å²) in [5.74, 6) is -1.51. The van der Waals surface area contributed by atoms with Crippen molar-refractivity contribution in [2.24, 2.45) is 0 Å². The van der Waals surface area contributed by atoms with Crippen molar-refractivity contribution in [3.63, 3.8) is 0 Å². The van der Waals surface area contributed by atoms with Crippen molar-refractivity contribution in [2.45, 2.75) is 238 Å². The van der Waals surface area contributed by atoms with Crippen LogP contribution in [0.15, 0.2) is 60.8 Å². The molecule has 3 unspecified atom stereocenters. The zero-order valence-electron chi connectivity index (χ0n) is 41.9. The second kappa shape index (κ2) is 48.6. The molecule has 0 fully saturated rings. The highest BCUT2D eigenvalue weighted by Crippen LogP contribution is 2.43. The lowest BCUT2D eigenvalue weighted by Crippen LogP contribution is -2.30. The molecular weight excluding hydrogens is 856 g/mol. The van der Waals surface area contributed by atoms with Gasteiger partial charge in [-0.3, -0.25) is 23.4 Å². The minimum atomic E-state index is -4.75. The maximum atomic E-state index is 12.8. The van der Waals surface area contributed by atoms with Crippen LogP contribution in [0.5, 0.6) is 0 Å². The Morgan fingerprint density at radius 1 is 0.424 bits per heavy atom. The molecule has 0 spiro atoms. The molecule has 0 aliphatic heterocycles. The summed E-state index contributed by atoms with van der Waals surface area (Å²) in [6.07, 6.45) is 50.4. The van der Waals surface area contributed by atoms with Gasteiger partial charge in [0.2, 0.25) is 0 Å². The van der Waals surface area contributed by atoms with Crippen molar-refractivity contribution in [3.05, 3.63) is 60.8 Å². The van der Waals surface area contributed by atoms with E-state index in [9.17, 15) is 28.9 Å². The highest BCUT2D eigenvalue weighted by atomic mass is 31.2. The number of esters is 3. The Bertz CT molecular complexity index is 1340. The molecule has 0 saturated carbocycles. The normalized spacial score (nSPS) is 14.0. The Hall–Kier alpha value is -2.82.